The van der Waals surface area contributed by atoms with Crippen LogP contribution < -0.4 is 10.9 Å². The van der Waals surface area contributed by atoms with E-state index in [1.54, 1.807) is 17.4 Å². The molecule has 25 heavy (non-hydrogen) atoms. The maximum atomic E-state index is 12.3. The van der Waals surface area contributed by atoms with Gasteiger partial charge in [0.25, 0.3) is 5.56 Å². The zero-order valence-electron chi connectivity index (χ0n) is 13.9. The Balaban J connectivity index is 1.61. The van der Waals surface area contributed by atoms with E-state index in [0.717, 1.165) is 16.1 Å². The second-order valence-electron chi connectivity index (χ2n) is 5.68. The van der Waals surface area contributed by atoms with E-state index in [9.17, 15) is 9.59 Å². The zero-order chi connectivity index (χ0) is 17.6. The molecule has 128 valence electrons. The van der Waals surface area contributed by atoms with Crippen molar-refractivity contribution in [3.63, 3.8) is 0 Å². The number of carbonyl (C=O) groups excluding carboxylic acids is 1. The van der Waals surface area contributed by atoms with Gasteiger partial charge < -0.3 is 5.32 Å². The number of benzene rings is 1. The van der Waals surface area contributed by atoms with Crippen LogP contribution in [-0.2, 0) is 11.3 Å². The van der Waals surface area contributed by atoms with Crippen LogP contribution in [0, 0.1) is 0 Å². The lowest BCUT2D eigenvalue weighted by molar-refractivity contribution is -0.122. The molecule has 0 saturated carbocycles. The summed E-state index contributed by atoms with van der Waals surface area (Å²) in [5.74, 6) is -0.294. The highest BCUT2D eigenvalue weighted by molar-refractivity contribution is 7.13. The van der Waals surface area contributed by atoms with Crippen molar-refractivity contribution >= 4 is 17.2 Å². The first-order valence-electron chi connectivity index (χ1n) is 8.10. The summed E-state index contributed by atoms with van der Waals surface area (Å²) >= 11 is 1.57. The molecule has 1 aromatic carbocycles. The number of hydrogen-bond acceptors (Lipinski definition) is 4. The van der Waals surface area contributed by atoms with Crippen molar-refractivity contribution in [2.24, 2.45) is 0 Å². The van der Waals surface area contributed by atoms with Crippen molar-refractivity contribution in [1.82, 2.24) is 15.1 Å². The highest BCUT2D eigenvalue weighted by Crippen LogP contribution is 2.21. The summed E-state index contributed by atoms with van der Waals surface area (Å²) in [7, 11) is 0. The molecular weight excluding hydrogens is 334 g/mol. The van der Waals surface area contributed by atoms with Crippen LogP contribution in [0.4, 0.5) is 0 Å². The average Bonchev–Trinajstić information content (AvgIpc) is 3.18. The van der Waals surface area contributed by atoms with Crippen LogP contribution in [0.2, 0.25) is 0 Å². The molecule has 3 aromatic rings. The van der Waals surface area contributed by atoms with E-state index in [1.165, 1.54) is 10.7 Å². The molecule has 1 N–H and O–H groups in total. The quantitative estimate of drug-likeness (QED) is 0.741. The summed E-state index contributed by atoms with van der Waals surface area (Å²) in [5, 5.41) is 9.22. The number of thiophene rings is 1. The van der Waals surface area contributed by atoms with Gasteiger partial charge >= 0.3 is 0 Å². The first kappa shape index (κ1) is 17.1. The molecule has 0 spiro atoms. The number of carbonyl (C=O) groups is 1. The Morgan fingerprint density at radius 3 is 2.68 bits per heavy atom. The normalized spacial score (nSPS) is 11.9. The molecule has 0 aliphatic heterocycles. The third-order valence-corrected chi connectivity index (χ3v) is 4.85. The molecular formula is C19H19N3O2S. The second kappa shape index (κ2) is 7.90. The van der Waals surface area contributed by atoms with Crippen LogP contribution >= 0.6 is 11.3 Å². The first-order chi connectivity index (χ1) is 12.1. The van der Waals surface area contributed by atoms with E-state index >= 15 is 0 Å². The minimum atomic E-state index is -0.233. The average molecular weight is 353 g/mol. The smallest absolute Gasteiger partial charge is 0.266 e. The van der Waals surface area contributed by atoms with Crippen LogP contribution in [0.1, 0.15) is 18.4 Å². The molecule has 0 saturated heterocycles. The van der Waals surface area contributed by atoms with Gasteiger partial charge in [-0.15, -0.1) is 11.3 Å². The van der Waals surface area contributed by atoms with Crippen LogP contribution in [0.3, 0.4) is 0 Å². The van der Waals surface area contributed by atoms with Gasteiger partial charge in [-0.25, -0.2) is 4.68 Å². The summed E-state index contributed by atoms with van der Waals surface area (Å²) in [6.07, 6.45) is 0. The van der Waals surface area contributed by atoms with Gasteiger partial charge in [0, 0.05) is 12.6 Å². The topological polar surface area (TPSA) is 64.0 Å². The largest absolute Gasteiger partial charge is 0.354 e. The number of nitrogens with zero attached hydrogens (tertiary/aromatic N) is 2. The van der Waals surface area contributed by atoms with Crippen LogP contribution in [0.15, 0.2) is 64.8 Å². The van der Waals surface area contributed by atoms with Crippen LogP contribution in [0.25, 0.3) is 10.6 Å². The van der Waals surface area contributed by atoms with E-state index in [-0.39, 0.29) is 17.4 Å². The fourth-order valence-electron chi connectivity index (χ4n) is 2.50. The molecule has 5 nitrogen and oxygen atoms in total. The SMILES string of the molecule is C[C@H](C(=O)NCCn1nc(-c2cccs2)ccc1=O)c1ccccc1. The Hall–Kier alpha value is -2.73. The minimum Gasteiger partial charge on any atom is -0.354 e. The Bertz CT molecular complexity index is 889. The van der Waals surface area contributed by atoms with E-state index in [0.29, 0.717) is 13.1 Å². The lowest BCUT2D eigenvalue weighted by atomic mass is 10.0. The molecule has 0 aliphatic carbocycles. The Kier molecular flexibility index (Phi) is 5.40. The van der Waals surface area contributed by atoms with Crippen molar-refractivity contribution in [3.05, 3.63) is 75.9 Å². The van der Waals surface area contributed by atoms with Gasteiger partial charge in [-0.05, 0) is 30.0 Å². The second-order valence-corrected chi connectivity index (χ2v) is 6.63. The third-order valence-electron chi connectivity index (χ3n) is 3.96. The van der Waals surface area contributed by atoms with E-state index in [1.807, 2.05) is 54.8 Å². The zero-order valence-corrected chi connectivity index (χ0v) is 14.7. The first-order valence-corrected chi connectivity index (χ1v) is 8.98. The molecule has 0 aliphatic rings. The van der Waals surface area contributed by atoms with Gasteiger partial charge in [0.1, 0.15) is 5.69 Å². The molecule has 3 rings (SSSR count). The Labute approximate surface area is 150 Å². The van der Waals surface area contributed by atoms with Crippen molar-refractivity contribution in [2.45, 2.75) is 19.4 Å². The summed E-state index contributed by atoms with van der Waals surface area (Å²) < 4.78 is 1.39. The molecule has 0 radical (unpaired) electrons. The maximum Gasteiger partial charge on any atom is 0.266 e. The lowest BCUT2D eigenvalue weighted by Gasteiger charge is -2.13. The summed E-state index contributed by atoms with van der Waals surface area (Å²) in [6.45, 7) is 2.56. The van der Waals surface area contributed by atoms with Crippen molar-refractivity contribution < 1.29 is 4.79 Å². The van der Waals surface area contributed by atoms with Crippen molar-refractivity contribution in [1.29, 1.82) is 0 Å². The molecule has 0 fully saturated rings. The highest BCUT2D eigenvalue weighted by atomic mass is 32.1. The molecule has 1 amide bonds. The highest BCUT2D eigenvalue weighted by Gasteiger charge is 2.14. The number of nitrogens with one attached hydrogen (secondary N) is 1. The van der Waals surface area contributed by atoms with Crippen molar-refractivity contribution in [2.75, 3.05) is 6.54 Å². The van der Waals surface area contributed by atoms with E-state index in [4.69, 9.17) is 0 Å². The van der Waals surface area contributed by atoms with Crippen LogP contribution in [0.5, 0.6) is 0 Å². The number of aromatic nitrogens is 2. The van der Waals surface area contributed by atoms with Gasteiger partial charge in [0.05, 0.1) is 17.3 Å². The number of rotatable bonds is 6. The molecule has 2 heterocycles. The standard InChI is InChI=1S/C19H19N3O2S/c1-14(15-6-3-2-4-7-15)19(24)20-11-12-22-18(23)10-9-16(21-22)17-8-5-13-25-17/h2-10,13-14H,11-12H2,1H3,(H,20,24)/t14-/m0/s1. The van der Waals surface area contributed by atoms with Gasteiger partial charge in [-0.1, -0.05) is 36.4 Å². The van der Waals surface area contributed by atoms with Gasteiger partial charge in [0.15, 0.2) is 0 Å². The molecule has 1 atom stereocenters. The molecule has 0 bridgehead atoms. The lowest BCUT2D eigenvalue weighted by Crippen LogP contribution is -2.34. The fourth-order valence-corrected chi connectivity index (χ4v) is 3.19. The van der Waals surface area contributed by atoms with Gasteiger partial charge in [-0.3, -0.25) is 9.59 Å². The monoisotopic (exact) mass is 353 g/mol. The maximum absolute atomic E-state index is 12.3. The minimum absolute atomic E-state index is 0.0614. The summed E-state index contributed by atoms with van der Waals surface area (Å²) in [6, 6.07) is 16.8. The third kappa shape index (κ3) is 4.22. The molecule has 0 unspecified atom stereocenters. The number of amides is 1. The molecule has 6 heteroatoms. The van der Waals surface area contributed by atoms with E-state index < -0.39 is 0 Å². The van der Waals surface area contributed by atoms with Crippen LogP contribution in [-0.4, -0.2) is 22.2 Å². The summed E-state index contributed by atoms with van der Waals surface area (Å²) in [5.41, 5.74) is 1.55. The predicted octanol–water partition coefficient (Wildman–Crippen LogP) is 2.89. The number of hydrogen-bond donors (Lipinski definition) is 1. The summed E-state index contributed by atoms with van der Waals surface area (Å²) in [4.78, 5) is 25.2. The Morgan fingerprint density at radius 1 is 1.16 bits per heavy atom. The van der Waals surface area contributed by atoms with Crippen molar-refractivity contribution in [3.8, 4) is 10.6 Å². The molecule has 2 aromatic heterocycles. The van der Waals surface area contributed by atoms with Gasteiger partial charge in [-0.2, -0.15) is 5.10 Å². The van der Waals surface area contributed by atoms with Gasteiger partial charge in [0.2, 0.25) is 5.91 Å². The van der Waals surface area contributed by atoms with E-state index in [2.05, 4.69) is 10.4 Å². The fraction of sp³-hybridized carbons (Fsp3) is 0.211. The predicted molar refractivity (Wildman–Crippen MR) is 99.7 cm³/mol. The Morgan fingerprint density at radius 2 is 1.96 bits per heavy atom.